The number of carbonyl (C=O) groups is 1. The highest BCUT2D eigenvalue weighted by Gasteiger charge is 2.46. The van der Waals surface area contributed by atoms with E-state index in [4.69, 9.17) is 14.2 Å². The van der Waals surface area contributed by atoms with Crippen LogP contribution in [0.3, 0.4) is 0 Å². The number of amides is 1. The first-order valence-corrected chi connectivity index (χ1v) is 11.5. The first kappa shape index (κ1) is 18.6. The Bertz CT molecular complexity index is 869. The molecule has 160 valence electrons. The average Bonchev–Trinajstić information content (AvgIpc) is 3.25. The molecule has 3 saturated heterocycles. The Morgan fingerprint density at radius 3 is 3.03 bits per heavy atom. The summed E-state index contributed by atoms with van der Waals surface area (Å²) in [6.45, 7) is 3.54. The molecule has 4 aliphatic heterocycles. The lowest BCUT2D eigenvalue weighted by molar-refractivity contribution is -0.138. The number of hydrogen-bond donors (Lipinski definition) is 0. The minimum Gasteiger partial charge on any atom is -0.484 e. The van der Waals surface area contributed by atoms with Gasteiger partial charge in [0, 0.05) is 25.2 Å². The topological polar surface area (TPSA) is 51.2 Å². The third-order valence-electron chi connectivity index (χ3n) is 7.68. The smallest absolute Gasteiger partial charge is 0.261 e. The van der Waals surface area contributed by atoms with Crippen molar-refractivity contribution < 1.29 is 19.0 Å². The van der Waals surface area contributed by atoms with Crippen molar-refractivity contribution in [1.29, 1.82) is 0 Å². The fourth-order valence-electron chi connectivity index (χ4n) is 6.45. The molecule has 0 aromatic heterocycles. The standard InChI is InChI=1S/C24H30N2O4/c27-23(14-28-19-6-7-21-22(12-19)30-15-29-21)26-9-3-4-16-10-17-11-18(24(16)26)13-25-8-2-1-5-20(17)25/h6-7,10,12,17-18,20,24H,1-5,8-9,11,13-15H2/t17?,18?,20-,24-/m1/s1. The first-order valence-electron chi connectivity index (χ1n) is 11.5. The number of rotatable bonds is 3. The van der Waals surface area contributed by atoms with Crippen molar-refractivity contribution in [1.82, 2.24) is 9.80 Å². The summed E-state index contributed by atoms with van der Waals surface area (Å²) >= 11 is 0. The Morgan fingerprint density at radius 1 is 1.13 bits per heavy atom. The van der Waals surface area contributed by atoms with Crippen molar-refractivity contribution in [2.75, 3.05) is 33.0 Å². The highest BCUT2D eigenvalue weighted by molar-refractivity contribution is 5.79. The molecule has 4 atom stereocenters. The number of ether oxygens (including phenoxy) is 3. The highest BCUT2D eigenvalue weighted by atomic mass is 16.7. The molecular weight excluding hydrogens is 380 g/mol. The van der Waals surface area contributed by atoms with Crippen molar-refractivity contribution in [2.45, 2.75) is 50.6 Å². The minimum atomic E-state index is 0.0753. The molecular formula is C24H30N2O4. The Hall–Kier alpha value is -2.21. The summed E-state index contributed by atoms with van der Waals surface area (Å²) in [5, 5.41) is 0. The molecule has 4 heterocycles. The Kier molecular flexibility index (Phi) is 4.63. The third kappa shape index (κ3) is 3.16. The fourth-order valence-corrected chi connectivity index (χ4v) is 6.45. The Morgan fingerprint density at radius 2 is 2.07 bits per heavy atom. The maximum absolute atomic E-state index is 13.2. The second kappa shape index (κ2) is 7.49. The minimum absolute atomic E-state index is 0.0753. The quantitative estimate of drug-likeness (QED) is 0.717. The molecule has 0 saturated carbocycles. The van der Waals surface area contributed by atoms with Crippen LogP contribution in [-0.2, 0) is 4.79 Å². The van der Waals surface area contributed by atoms with E-state index in [1.54, 1.807) is 6.07 Å². The highest BCUT2D eigenvalue weighted by Crippen LogP contribution is 2.45. The summed E-state index contributed by atoms with van der Waals surface area (Å²) in [4.78, 5) is 18.0. The molecule has 1 aromatic carbocycles. The molecule has 0 radical (unpaired) electrons. The van der Waals surface area contributed by atoms with Crippen molar-refractivity contribution >= 4 is 5.91 Å². The van der Waals surface area contributed by atoms with E-state index in [0.29, 0.717) is 23.3 Å². The lowest BCUT2D eigenvalue weighted by atomic mass is 9.68. The normalized spacial score (nSPS) is 32.1. The first-order chi connectivity index (χ1) is 14.8. The molecule has 5 aliphatic rings. The molecule has 0 spiro atoms. The molecule has 6 rings (SSSR count). The van der Waals surface area contributed by atoms with Crippen LogP contribution in [-0.4, -0.2) is 60.8 Å². The summed E-state index contributed by atoms with van der Waals surface area (Å²) in [5.74, 6) is 3.42. The van der Waals surface area contributed by atoms with Gasteiger partial charge in [-0.3, -0.25) is 9.69 Å². The fraction of sp³-hybridized carbons (Fsp3) is 0.625. The summed E-state index contributed by atoms with van der Waals surface area (Å²) < 4.78 is 16.6. The molecule has 30 heavy (non-hydrogen) atoms. The second-order valence-electron chi connectivity index (χ2n) is 9.40. The Labute approximate surface area is 177 Å². The van der Waals surface area contributed by atoms with Gasteiger partial charge in [-0.1, -0.05) is 18.1 Å². The summed E-state index contributed by atoms with van der Waals surface area (Å²) in [6, 6.07) is 6.49. The van der Waals surface area contributed by atoms with Gasteiger partial charge in [0.1, 0.15) is 5.75 Å². The summed E-state index contributed by atoms with van der Waals surface area (Å²) in [5.41, 5.74) is 1.52. The number of hydrogen-bond acceptors (Lipinski definition) is 5. The monoisotopic (exact) mass is 410 g/mol. The van der Waals surface area contributed by atoms with Crippen LogP contribution < -0.4 is 14.2 Å². The third-order valence-corrected chi connectivity index (χ3v) is 7.68. The van der Waals surface area contributed by atoms with Crippen LogP contribution in [0.4, 0.5) is 0 Å². The van der Waals surface area contributed by atoms with Crippen LogP contribution >= 0.6 is 0 Å². The van der Waals surface area contributed by atoms with Crippen LogP contribution in [0, 0.1) is 11.8 Å². The van der Waals surface area contributed by atoms with Gasteiger partial charge in [0.15, 0.2) is 18.1 Å². The molecule has 0 N–H and O–H groups in total. The number of likely N-dealkylation sites (tertiary alicyclic amines) is 1. The molecule has 3 fully saturated rings. The van der Waals surface area contributed by atoms with Gasteiger partial charge in [0.2, 0.25) is 6.79 Å². The van der Waals surface area contributed by atoms with Crippen LogP contribution in [0.15, 0.2) is 29.8 Å². The number of carbonyl (C=O) groups excluding carboxylic acids is 1. The maximum atomic E-state index is 13.2. The van der Waals surface area contributed by atoms with Gasteiger partial charge in [-0.25, -0.2) is 0 Å². The molecule has 1 amide bonds. The summed E-state index contributed by atoms with van der Waals surface area (Å²) in [6.07, 6.45) is 10.0. The number of nitrogens with zero attached hydrogens (tertiary/aromatic N) is 2. The zero-order valence-electron chi connectivity index (χ0n) is 17.4. The van der Waals surface area contributed by atoms with Crippen molar-refractivity contribution in [3.05, 3.63) is 29.8 Å². The Balaban J connectivity index is 1.17. The SMILES string of the molecule is O=C(COc1ccc2c(c1)OCO2)N1CCCC2=CC3CC(CN4CCCC[C@H]34)[C@@H]21. The zero-order chi connectivity index (χ0) is 20.1. The van der Waals surface area contributed by atoms with Gasteiger partial charge < -0.3 is 19.1 Å². The number of piperidine rings is 3. The van der Waals surface area contributed by atoms with E-state index in [1.165, 1.54) is 37.8 Å². The van der Waals surface area contributed by atoms with Gasteiger partial charge in [-0.15, -0.1) is 0 Å². The van der Waals surface area contributed by atoms with Gasteiger partial charge in [-0.2, -0.15) is 0 Å². The molecule has 1 aliphatic carbocycles. The molecule has 1 aromatic rings. The van der Waals surface area contributed by atoms with E-state index in [9.17, 15) is 4.79 Å². The van der Waals surface area contributed by atoms with Gasteiger partial charge in [-0.05, 0) is 62.6 Å². The number of benzene rings is 1. The predicted octanol–water partition coefficient (Wildman–Crippen LogP) is 3.22. The van der Waals surface area contributed by atoms with Crippen molar-refractivity contribution in [3.8, 4) is 17.2 Å². The van der Waals surface area contributed by atoms with E-state index >= 15 is 0 Å². The van der Waals surface area contributed by atoms with E-state index < -0.39 is 0 Å². The van der Waals surface area contributed by atoms with Crippen LogP contribution in [0.2, 0.25) is 0 Å². The number of fused-ring (bicyclic) bond motifs is 7. The van der Waals surface area contributed by atoms with Gasteiger partial charge >= 0.3 is 0 Å². The van der Waals surface area contributed by atoms with E-state index in [-0.39, 0.29) is 25.3 Å². The van der Waals surface area contributed by atoms with Crippen LogP contribution in [0.5, 0.6) is 17.2 Å². The van der Waals surface area contributed by atoms with E-state index in [0.717, 1.165) is 37.7 Å². The van der Waals surface area contributed by atoms with Gasteiger partial charge in [0.25, 0.3) is 5.91 Å². The largest absolute Gasteiger partial charge is 0.484 e. The van der Waals surface area contributed by atoms with Crippen molar-refractivity contribution in [3.63, 3.8) is 0 Å². The summed E-state index contributed by atoms with van der Waals surface area (Å²) in [7, 11) is 0. The van der Waals surface area contributed by atoms with Crippen LogP contribution in [0.25, 0.3) is 0 Å². The molecule has 2 bridgehead atoms. The molecule has 6 heteroatoms. The predicted molar refractivity (Wildman–Crippen MR) is 112 cm³/mol. The maximum Gasteiger partial charge on any atom is 0.261 e. The van der Waals surface area contributed by atoms with E-state index in [2.05, 4.69) is 15.9 Å². The lowest BCUT2D eigenvalue weighted by Crippen LogP contribution is -2.60. The van der Waals surface area contributed by atoms with E-state index in [1.807, 2.05) is 12.1 Å². The van der Waals surface area contributed by atoms with Gasteiger partial charge in [0.05, 0.1) is 6.04 Å². The molecule has 6 nitrogen and oxygen atoms in total. The molecule has 2 unspecified atom stereocenters. The second-order valence-corrected chi connectivity index (χ2v) is 9.40. The average molecular weight is 411 g/mol. The lowest BCUT2D eigenvalue weighted by Gasteiger charge is -2.54. The van der Waals surface area contributed by atoms with Crippen LogP contribution in [0.1, 0.15) is 38.5 Å². The zero-order valence-corrected chi connectivity index (χ0v) is 17.4. The van der Waals surface area contributed by atoms with Crippen molar-refractivity contribution in [2.24, 2.45) is 11.8 Å².